The van der Waals surface area contributed by atoms with Crippen LogP contribution >= 0.6 is 15.9 Å². The molecule has 0 saturated carbocycles. The number of hydrogen-bond acceptors (Lipinski definition) is 4. The summed E-state index contributed by atoms with van der Waals surface area (Å²) in [6.07, 6.45) is 0. The van der Waals surface area contributed by atoms with E-state index in [1.807, 2.05) is 24.3 Å². The summed E-state index contributed by atoms with van der Waals surface area (Å²) in [7, 11) is 1.61. The lowest BCUT2D eigenvalue weighted by Gasteiger charge is -2.09. The van der Waals surface area contributed by atoms with E-state index in [9.17, 15) is 5.11 Å². The number of nitrogens with zero attached hydrogens (tertiary/aromatic N) is 2. The van der Waals surface area contributed by atoms with Gasteiger partial charge >= 0.3 is 0 Å². The van der Waals surface area contributed by atoms with Crippen LogP contribution in [0.25, 0.3) is 0 Å². The van der Waals surface area contributed by atoms with Gasteiger partial charge in [-0.1, -0.05) is 13.8 Å². The molecule has 2 rings (SSSR count). The minimum absolute atomic E-state index is 0.0941. The van der Waals surface area contributed by atoms with Crippen molar-refractivity contribution in [1.29, 1.82) is 0 Å². The number of ether oxygens (including phenoxy) is 1. The molecule has 21 heavy (non-hydrogen) atoms. The number of phenolic OH excluding ortho intramolecular Hbond substituents is 1. The van der Waals surface area contributed by atoms with Crippen molar-refractivity contribution in [2.45, 2.75) is 19.8 Å². The summed E-state index contributed by atoms with van der Waals surface area (Å²) in [6, 6.07) is 11.0. The molecule has 0 bridgehead atoms. The van der Waals surface area contributed by atoms with Crippen LogP contribution in [0.3, 0.4) is 0 Å². The number of aromatic hydroxyl groups is 1. The Morgan fingerprint density at radius 3 is 2.33 bits per heavy atom. The minimum Gasteiger partial charge on any atom is -0.505 e. The van der Waals surface area contributed by atoms with Gasteiger partial charge in [-0.3, -0.25) is 0 Å². The van der Waals surface area contributed by atoms with Gasteiger partial charge in [0.25, 0.3) is 0 Å². The first-order chi connectivity index (χ1) is 10.0. The third kappa shape index (κ3) is 3.82. The van der Waals surface area contributed by atoms with E-state index in [0.717, 1.165) is 11.3 Å². The monoisotopic (exact) mass is 348 g/mol. The maximum absolute atomic E-state index is 10.0. The SMILES string of the molecule is COc1ccc(N=Nc2cc(C(C)C)cc(Br)c2O)cc1. The Hall–Kier alpha value is -1.88. The van der Waals surface area contributed by atoms with E-state index < -0.39 is 0 Å². The Kier molecular flexibility index (Phi) is 4.96. The van der Waals surface area contributed by atoms with E-state index in [1.54, 1.807) is 19.2 Å². The maximum Gasteiger partial charge on any atom is 0.157 e. The van der Waals surface area contributed by atoms with Gasteiger partial charge < -0.3 is 9.84 Å². The van der Waals surface area contributed by atoms with Crippen molar-refractivity contribution in [3.63, 3.8) is 0 Å². The normalized spacial score (nSPS) is 11.3. The third-order valence-corrected chi connectivity index (χ3v) is 3.68. The lowest BCUT2D eigenvalue weighted by atomic mass is 10.0. The molecule has 5 heteroatoms. The van der Waals surface area contributed by atoms with Gasteiger partial charge in [-0.2, -0.15) is 5.11 Å². The predicted octanol–water partition coefficient (Wildman–Crippen LogP) is 5.70. The number of halogens is 1. The summed E-state index contributed by atoms with van der Waals surface area (Å²) in [4.78, 5) is 0. The minimum atomic E-state index is 0.0941. The molecule has 0 amide bonds. The molecule has 0 aliphatic rings. The van der Waals surface area contributed by atoms with Gasteiger partial charge in [-0.15, -0.1) is 5.11 Å². The van der Waals surface area contributed by atoms with Gasteiger partial charge in [0.05, 0.1) is 17.3 Å². The first-order valence-corrected chi connectivity index (χ1v) is 7.38. The summed E-state index contributed by atoms with van der Waals surface area (Å²) in [5.74, 6) is 1.20. The zero-order valence-corrected chi connectivity index (χ0v) is 13.8. The lowest BCUT2D eigenvalue weighted by molar-refractivity contribution is 0.415. The van der Waals surface area contributed by atoms with Crippen molar-refractivity contribution in [2.75, 3.05) is 7.11 Å². The van der Waals surface area contributed by atoms with Gasteiger partial charge in [0.2, 0.25) is 0 Å². The number of hydrogen-bond donors (Lipinski definition) is 1. The van der Waals surface area contributed by atoms with Crippen molar-refractivity contribution < 1.29 is 9.84 Å². The average molecular weight is 349 g/mol. The summed E-state index contributed by atoms with van der Waals surface area (Å²) < 4.78 is 5.71. The van der Waals surface area contributed by atoms with Crippen molar-refractivity contribution in [2.24, 2.45) is 10.2 Å². The molecule has 0 unspecified atom stereocenters. The standard InChI is InChI=1S/C16H17BrN2O2/c1-10(2)11-8-14(17)16(20)15(9-11)19-18-12-4-6-13(21-3)7-5-12/h4-10,20H,1-3H3. The van der Waals surface area contributed by atoms with Gasteiger partial charge in [0.15, 0.2) is 5.75 Å². The maximum atomic E-state index is 10.0. The molecule has 0 fully saturated rings. The molecule has 2 aromatic rings. The first-order valence-electron chi connectivity index (χ1n) is 6.59. The molecule has 4 nitrogen and oxygen atoms in total. The van der Waals surface area contributed by atoms with Crippen LogP contribution in [0, 0.1) is 0 Å². The number of phenols is 1. The number of rotatable bonds is 4. The quantitative estimate of drug-likeness (QED) is 0.720. The lowest BCUT2D eigenvalue weighted by Crippen LogP contribution is -1.87. The molecule has 2 aromatic carbocycles. The Morgan fingerprint density at radius 1 is 1.10 bits per heavy atom. The average Bonchev–Trinajstić information content (AvgIpc) is 2.49. The van der Waals surface area contributed by atoms with Gasteiger partial charge in [-0.05, 0) is 63.8 Å². The largest absolute Gasteiger partial charge is 0.505 e. The summed E-state index contributed by atoms with van der Waals surface area (Å²) in [5, 5.41) is 18.3. The molecule has 110 valence electrons. The highest BCUT2D eigenvalue weighted by atomic mass is 79.9. The highest BCUT2D eigenvalue weighted by molar-refractivity contribution is 9.10. The molecule has 0 spiro atoms. The first kappa shape index (κ1) is 15.5. The van der Waals surface area contributed by atoms with Crippen LogP contribution in [-0.2, 0) is 0 Å². The zero-order chi connectivity index (χ0) is 15.4. The number of methoxy groups -OCH3 is 1. The fourth-order valence-corrected chi connectivity index (χ4v) is 2.24. The van der Waals surface area contributed by atoms with Crippen LogP contribution < -0.4 is 4.74 Å². The molecule has 0 atom stereocenters. The number of azo groups is 1. The van der Waals surface area contributed by atoms with Gasteiger partial charge in [0, 0.05) is 0 Å². The Balaban J connectivity index is 2.31. The molecular formula is C16H17BrN2O2. The highest BCUT2D eigenvalue weighted by Gasteiger charge is 2.10. The fraction of sp³-hybridized carbons (Fsp3) is 0.250. The van der Waals surface area contributed by atoms with Crippen molar-refractivity contribution >= 4 is 27.3 Å². The van der Waals surface area contributed by atoms with Crippen molar-refractivity contribution in [3.8, 4) is 11.5 Å². The number of benzene rings is 2. The Morgan fingerprint density at radius 2 is 1.76 bits per heavy atom. The molecular weight excluding hydrogens is 332 g/mol. The second-order valence-corrected chi connectivity index (χ2v) is 5.78. The van der Waals surface area contributed by atoms with Gasteiger partial charge in [0.1, 0.15) is 11.4 Å². The molecule has 0 radical (unpaired) electrons. The molecule has 0 aliphatic carbocycles. The van der Waals surface area contributed by atoms with E-state index in [2.05, 4.69) is 40.0 Å². The second-order valence-electron chi connectivity index (χ2n) is 4.92. The van der Waals surface area contributed by atoms with E-state index in [4.69, 9.17) is 4.74 Å². The summed E-state index contributed by atoms with van der Waals surface area (Å²) >= 11 is 3.34. The topological polar surface area (TPSA) is 54.2 Å². The smallest absolute Gasteiger partial charge is 0.157 e. The van der Waals surface area contributed by atoms with Crippen molar-refractivity contribution in [3.05, 3.63) is 46.4 Å². The molecule has 0 heterocycles. The van der Waals surface area contributed by atoms with E-state index >= 15 is 0 Å². The van der Waals surface area contributed by atoms with E-state index in [1.165, 1.54) is 0 Å². The van der Waals surface area contributed by atoms with Crippen molar-refractivity contribution in [1.82, 2.24) is 0 Å². The Bertz CT molecular complexity index is 652. The predicted molar refractivity (Wildman–Crippen MR) is 87.1 cm³/mol. The molecule has 0 aliphatic heterocycles. The Labute approximate surface area is 132 Å². The zero-order valence-electron chi connectivity index (χ0n) is 12.2. The third-order valence-electron chi connectivity index (χ3n) is 3.08. The highest BCUT2D eigenvalue weighted by Crippen LogP contribution is 2.38. The molecule has 0 aromatic heterocycles. The van der Waals surface area contributed by atoms with Crippen LogP contribution in [0.4, 0.5) is 11.4 Å². The summed E-state index contributed by atoms with van der Waals surface area (Å²) in [5.41, 5.74) is 2.23. The van der Waals surface area contributed by atoms with Crippen LogP contribution in [0.2, 0.25) is 0 Å². The van der Waals surface area contributed by atoms with Crippen LogP contribution in [-0.4, -0.2) is 12.2 Å². The van der Waals surface area contributed by atoms with Crippen LogP contribution in [0.15, 0.2) is 51.1 Å². The molecule has 1 N–H and O–H groups in total. The van der Waals surface area contributed by atoms with E-state index in [-0.39, 0.29) is 5.75 Å². The van der Waals surface area contributed by atoms with Crippen LogP contribution in [0.5, 0.6) is 11.5 Å². The van der Waals surface area contributed by atoms with E-state index in [0.29, 0.717) is 21.8 Å². The summed E-state index contributed by atoms with van der Waals surface area (Å²) in [6.45, 7) is 4.17. The second kappa shape index (κ2) is 6.72. The molecule has 0 saturated heterocycles. The van der Waals surface area contributed by atoms with Crippen LogP contribution in [0.1, 0.15) is 25.3 Å². The van der Waals surface area contributed by atoms with Gasteiger partial charge in [-0.25, -0.2) is 0 Å². The fourth-order valence-electron chi connectivity index (χ4n) is 1.77.